The Morgan fingerprint density at radius 2 is 2.19 bits per heavy atom. The molecule has 4 heteroatoms. The first-order valence-electron chi connectivity index (χ1n) is 5.10. The van der Waals surface area contributed by atoms with Crippen LogP contribution in [0.4, 0.5) is 0 Å². The van der Waals surface area contributed by atoms with Crippen LogP contribution >= 0.6 is 27.5 Å². The van der Waals surface area contributed by atoms with Gasteiger partial charge in [0.1, 0.15) is 5.75 Å². The summed E-state index contributed by atoms with van der Waals surface area (Å²) in [6.45, 7) is 5.46. The summed E-state index contributed by atoms with van der Waals surface area (Å²) in [5.41, 5.74) is 0.912. The van der Waals surface area contributed by atoms with Gasteiger partial charge >= 0.3 is 0 Å². The number of hydrogen-bond acceptors (Lipinski definition) is 2. The normalized spacial score (nSPS) is 12.3. The first-order chi connectivity index (χ1) is 7.45. The van der Waals surface area contributed by atoms with Gasteiger partial charge in [0.05, 0.1) is 5.02 Å². The van der Waals surface area contributed by atoms with Gasteiger partial charge in [0.2, 0.25) is 0 Å². The Bertz CT molecular complexity index is 381. The van der Waals surface area contributed by atoms with Crippen molar-refractivity contribution in [2.24, 2.45) is 0 Å². The molecule has 0 aromatic heterocycles. The average Bonchev–Trinajstić information content (AvgIpc) is 2.21. The minimum absolute atomic E-state index is 0.0679. The summed E-state index contributed by atoms with van der Waals surface area (Å²) < 4.78 is 6.48. The van der Waals surface area contributed by atoms with E-state index in [4.69, 9.17) is 16.3 Å². The molecule has 1 rings (SSSR count). The minimum atomic E-state index is -0.456. The van der Waals surface area contributed by atoms with Gasteiger partial charge in [-0.25, -0.2) is 0 Å². The first kappa shape index (κ1) is 13.5. The third kappa shape index (κ3) is 3.22. The molecular formula is C12H14BrClO2. The molecule has 0 aliphatic rings. The van der Waals surface area contributed by atoms with Crippen LogP contribution in [0.1, 0.15) is 25.8 Å². The highest BCUT2D eigenvalue weighted by atomic mass is 79.9. The van der Waals surface area contributed by atoms with Crippen LogP contribution in [0.25, 0.3) is 0 Å². The van der Waals surface area contributed by atoms with Crippen molar-refractivity contribution in [1.29, 1.82) is 0 Å². The summed E-state index contributed by atoms with van der Waals surface area (Å²) in [5.74, 6) is 0.651. The summed E-state index contributed by atoms with van der Waals surface area (Å²) in [7, 11) is 0. The van der Waals surface area contributed by atoms with Gasteiger partial charge in [-0.15, -0.1) is 0 Å². The molecule has 16 heavy (non-hydrogen) atoms. The van der Waals surface area contributed by atoms with Gasteiger partial charge in [-0.05, 0) is 31.5 Å². The number of ketones is 1. The van der Waals surface area contributed by atoms with E-state index in [2.05, 4.69) is 15.9 Å². The number of rotatable bonds is 4. The maximum absolute atomic E-state index is 11.4. The third-order valence-corrected chi connectivity index (χ3v) is 3.03. The van der Waals surface area contributed by atoms with Crippen LogP contribution in [0, 0.1) is 6.92 Å². The number of ether oxygens (including phenoxy) is 1. The van der Waals surface area contributed by atoms with Crippen LogP contribution in [0.2, 0.25) is 5.02 Å². The Hall–Kier alpha value is -0.540. The first-order valence-corrected chi connectivity index (χ1v) is 6.27. The topological polar surface area (TPSA) is 26.3 Å². The van der Waals surface area contributed by atoms with E-state index >= 15 is 0 Å². The second-order valence-corrected chi connectivity index (χ2v) is 4.94. The van der Waals surface area contributed by atoms with E-state index in [0.717, 1.165) is 10.0 Å². The van der Waals surface area contributed by atoms with Crippen molar-refractivity contribution in [3.8, 4) is 5.75 Å². The van der Waals surface area contributed by atoms with Crippen molar-refractivity contribution >= 4 is 33.3 Å². The Kier molecular flexibility index (Phi) is 4.81. The van der Waals surface area contributed by atoms with Gasteiger partial charge in [-0.1, -0.05) is 34.5 Å². The summed E-state index contributed by atoms with van der Waals surface area (Å²) in [6.07, 6.45) is 0.0105. The lowest BCUT2D eigenvalue weighted by Crippen LogP contribution is -2.23. The highest BCUT2D eigenvalue weighted by Crippen LogP contribution is 2.32. The maximum Gasteiger partial charge on any atom is 0.172 e. The summed E-state index contributed by atoms with van der Waals surface area (Å²) in [4.78, 5) is 11.4. The quantitative estimate of drug-likeness (QED) is 0.835. The minimum Gasteiger partial charge on any atom is -0.481 e. The molecule has 1 unspecified atom stereocenters. The largest absolute Gasteiger partial charge is 0.481 e. The number of carbonyl (C=O) groups is 1. The van der Waals surface area contributed by atoms with E-state index in [9.17, 15) is 4.79 Å². The molecule has 2 nitrogen and oxygen atoms in total. The summed E-state index contributed by atoms with van der Waals surface area (Å²) in [6, 6.07) is 3.66. The molecule has 0 aliphatic heterocycles. The fourth-order valence-corrected chi connectivity index (χ4v) is 2.38. The van der Waals surface area contributed by atoms with E-state index < -0.39 is 6.10 Å². The standard InChI is InChI=1S/C12H14BrClO2/c1-4-11(15)8(3)16-12-7(2)5-9(13)6-10(12)14/h5-6,8H,4H2,1-3H3. The SMILES string of the molecule is CCC(=O)C(C)Oc1c(C)cc(Br)cc1Cl. The lowest BCUT2D eigenvalue weighted by Gasteiger charge is -2.16. The molecule has 0 saturated heterocycles. The summed E-state index contributed by atoms with van der Waals surface area (Å²) in [5, 5.41) is 0.516. The van der Waals surface area contributed by atoms with Gasteiger partial charge in [0.15, 0.2) is 11.9 Å². The molecule has 0 saturated carbocycles. The van der Waals surface area contributed by atoms with Crippen LogP contribution in [0.15, 0.2) is 16.6 Å². The number of carbonyl (C=O) groups excluding carboxylic acids is 1. The molecule has 0 N–H and O–H groups in total. The van der Waals surface area contributed by atoms with Crippen molar-refractivity contribution in [2.75, 3.05) is 0 Å². The highest BCUT2D eigenvalue weighted by molar-refractivity contribution is 9.10. The van der Waals surface area contributed by atoms with E-state index in [1.165, 1.54) is 0 Å². The predicted molar refractivity (Wildman–Crippen MR) is 69.3 cm³/mol. The Balaban J connectivity index is 2.93. The van der Waals surface area contributed by atoms with E-state index in [-0.39, 0.29) is 5.78 Å². The molecular weight excluding hydrogens is 291 g/mol. The zero-order valence-electron chi connectivity index (χ0n) is 9.51. The van der Waals surface area contributed by atoms with Crippen molar-refractivity contribution in [1.82, 2.24) is 0 Å². The highest BCUT2D eigenvalue weighted by Gasteiger charge is 2.16. The molecule has 0 aliphatic carbocycles. The molecule has 1 aromatic rings. The molecule has 0 heterocycles. The van der Waals surface area contributed by atoms with Crippen LogP contribution in [0.3, 0.4) is 0 Å². The van der Waals surface area contributed by atoms with Gasteiger partial charge < -0.3 is 4.74 Å². The number of aryl methyl sites for hydroxylation is 1. The Morgan fingerprint density at radius 3 is 2.69 bits per heavy atom. The lowest BCUT2D eigenvalue weighted by molar-refractivity contribution is -0.124. The van der Waals surface area contributed by atoms with E-state index in [0.29, 0.717) is 17.2 Å². The average molecular weight is 306 g/mol. The molecule has 88 valence electrons. The zero-order chi connectivity index (χ0) is 12.3. The Morgan fingerprint density at radius 1 is 1.56 bits per heavy atom. The number of hydrogen-bond donors (Lipinski definition) is 0. The second kappa shape index (κ2) is 5.69. The molecule has 0 radical (unpaired) electrons. The van der Waals surface area contributed by atoms with Crippen LogP contribution in [-0.2, 0) is 4.79 Å². The molecule has 1 aromatic carbocycles. The van der Waals surface area contributed by atoms with Crippen LogP contribution in [-0.4, -0.2) is 11.9 Å². The Labute approximate surface area is 109 Å². The number of Topliss-reactive ketones (excluding diaryl/α,β-unsaturated/α-hetero) is 1. The molecule has 0 bridgehead atoms. The third-order valence-electron chi connectivity index (χ3n) is 2.29. The van der Waals surface area contributed by atoms with Crippen molar-refractivity contribution < 1.29 is 9.53 Å². The zero-order valence-corrected chi connectivity index (χ0v) is 11.9. The van der Waals surface area contributed by atoms with E-state index in [1.54, 1.807) is 13.0 Å². The van der Waals surface area contributed by atoms with Gasteiger partial charge in [-0.2, -0.15) is 0 Å². The van der Waals surface area contributed by atoms with Gasteiger partial charge in [-0.3, -0.25) is 4.79 Å². The molecule has 1 atom stereocenters. The summed E-state index contributed by atoms with van der Waals surface area (Å²) >= 11 is 9.41. The van der Waals surface area contributed by atoms with Gasteiger partial charge in [0.25, 0.3) is 0 Å². The number of halogens is 2. The van der Waals surface area contributed by atoms with Crippen molar-refractivity contribution in [2.45, 2.75) is 33.3 Å². The van der Waals surface area contributed by atoms with Gasteiger partial charge in [0, 0.05) is 10.9 Å². The molecule has 0 amide bonds. The molecule has 0 fully saturated rings. The lowest BCUT2D eigenvalue weighted by atomic mass is 10.2. The van der Waals surface area contributed by atoms with E-state index in [1.807, 2.05) is 19.9 Å². The van der Waals surface area contributed by atoms with Crippen molar-refractivity contribution in [3.05, 3.63) is 27.2 Å². The fraction of sp³-hybridized carbons (Fsp3) is 0.417. The van der Waals surface area contributed by atoms with Crippen molar-refractivity contribution in [3.63, 3.8) is 0 Å². The van der Waals surface area contributed by atoms with Crippen LogP contribution < -0.4 is 4.74 Å². The smallest absolute Gasteiger partial charge is 0.172 e. The predicted octanol–water partition coefficient (Wildman–Crippen LogP) is 4.16. The monoisotopic (exact) mass is 304 g/mol. The number of benzene rings is 1. The van der Waals surface area contributed by atoms with Crippen LogP contribution in [0.5, 0.6) is 5.75 Å². The maximum atomic E-state index is 11.4. The second-order valence-electron chi connectivity index (χ2n) is 3.61. The molecule has 0 spiro atoms. The fourth-order valence-electron chi connectivity index (χ4n) is 1.37.